The molecular weight excluding hydrogens is 485 g/mol. The molecule has 5 heteroatoms. The summed E-state index contributed by atoms with van der Waals surface area (Å²) in [5, 5.41) is 0. The molecule has 1 aliphatic rings. The van der Waals surface area contributed by atoms with Crippen LogP contribution in [-0.2, 0) is 4.74 Å². The third kappa shape index (κ3) is 6.87. The summed E-state index contributed by atoms with van der Waals surface area (Å²) in [6.45, 7) is 5.12. The number of hydrogen-bond acceptors (Lipinski definition) is 2. The van der Waals surface area contributed by atoms with Crippen LogP contribution in [0.5, 0.6) is 5.75 Å². The van der Waals surface area contributed by atoms with Gasteiger partial charge in [-0.05, 0) is 79.8 Å². The molecule has 0 N–H and O–H groups in total. The van der Waals surface area contributed by atoms with Gasteiger partial charge in [0.15, 0.2) is 11.6 Å². The van der Waals surface area contributed by atoms with E-state index in [0.29, 0.717) is 30.3 Å². The van der Waals surface area contributed by atoms with Crippen LogP contribution in [0, 0.1) is 23.4 Å². The monoisotopic (exact) mass is 522 g/mol. The summed E-state index contributed by atoms with van der Waals surface area (Å²) in [6.07, 6.45) is 10.8. The van der Waals surface area contributed by atoms with Crippen molar-refractivity contribution in [3.63, 3.8) is 0 Å². The van der Waals surface area contributed by atoms with E-state index in [9.17, 15) is 8.78 Å². The molecule has 1 saturated heterocycles. The molecule has 0 aromatic heterocycles. The van der Waals surface area contributed by atoms with Crippen molar-refractivity contribution in [2.75, 3.05) is 13.2 Å². The first kappa shape index (κ1) is 28.0. The minimum Gasteiger partial charge on any atom is -0.490 e. The fourth-order valence-electron chi connectivity index (χ4n) is 4.99. The van der Waals surface area contributed by atoms with Crippen molar-refractivity contribution in [3.8, 4) is 28.0 Å². The Kier molecular flexibility index (Phi) is 10.1. The number of allylic oxidation sites excluding steroid dienone is 2. The van der Waals surface area contributed by atoms with Crippen LogP contribution in [0.4, 0.5) is 13.2 Å². The maximum absolute atomic E-state index is 15.1. The average Bonchev–Trinajstić information content (AvgIpc) is 2.94. The Bertz CT molecular complexity index is 1210. The minimum atomic E-state index is -0.977. The second kappa shape index (κ2) is 13.7. The molecule has 0 amide bonds. The quantitative estimate of drug-likeness (QED) is 0.184. The molecule has 38 heavy (non-hydrogen) atoms. The molecule has 0 aliphatic carbocycles. The largest absolute Gasteiger partial charge is 0.490 e. The van der Waals surface area contributed by atoms with Gasteiger partial charge in [-0.1, -0.05) is 68.3 Å². The molecule has 1 heterocycles. The molecule has 3 aromatic carbocycles. The molecule has 2 nitrogen and oxygen atoms in total. The second-order valence-electron chi connectivity index (χ2n) is 10.0. The van der Waals surface area contributed by atoms with Gasteiger partial charge in [-0.15, -0.1) is 0 Å². The standard InChI is InChI=1S/C33H37F3O2/c1-3-5-7-9-23-10-18-30(38-22-23)28-16-15-26(21-29(28)34)24-11-13-25(14-12-24)27-17-19-31(33(36)32(27)35)37-20-8-6-4-2/h3,5,11-17,19,21,23,30H,4,6-10,18,20,22H2,1-2H3/b5-3+. The lowest BCUT2D eigenvalue weighted by Gasteiger charge is -2.29. The Hall–Kier alpha value is -3.05. The minimum absolute atomic E-state index is 0.0688. The second-order valence-corrected chi connectivity index (χ2v) is 10.0. The highest BCUT2D eigenvalue weighted by atomic mass is 19.2. The Morgan fingerprint density at radius 3 is 2.34 bits per heavy atom. The molecule has 0 bridgehead atoms. The van der Waals surface area contributed by atoms with Gasteiger partial charge in [-0.2, -0.15) is 4.39 Å². The number of halogens is 3. The van der Waals surface area contributed by atoms with E-state index in [1.54, 1.807) is 30.3 Å². The fourth-order valence-corrected chi connectivity index (χ4v) is 4.99. The molecular formula is C33H37F3O2. The predicted molar refractivity (Wildman–Crippen MR) is 148 cm³/mol. The van der Waals surface area contributed by atoms with E-state index >= 15 is 4.39 Å². The number of hydrogen-bond donors (Lipinski definition) is 0. The predicted octanol–water partition coefficient (Wildman–Crippen LogP) is 9.83. The van der Waals surface area contributed by atoms with Crippen LogP contribution < -0.4 is 4.74 Å². The van der Waals surface area contributed by atoms with Crippen molar-refractivity contribution < 1.29 is 22.6 Å². The molecule has 202 valence electrons. The maximum atomic E-state index is 15.1. The van der Waals surface area contributed by atoms with Gasteiger partial charge in [0.05, 0.1) is 19.3 Å². The molecule has 0 radical (unpaired) electrons. The van der Waals surface area contributed by atoms with Crippen LogP contribution in [0.15, 0.2) is 66.7 Å². The average molecular weight is 523 g/mol. The van der Waals surface area contributed by atoms with E-state index in [1.165, 1.54) is 18.2 Å². The third-order valence-corrected chi connectivity index (χ3v) is 7.28. The summed E-state index contributed by atoms with van der Waals surface area (Å²) in [6, 6.07) is 15.3. The Labute approximate surface area is 224 Å². The summed E-state index contributed by atoms with van der Waals surface area (Å²) in [5.74, 6) is -1.74. The zero-order chi connectivity index (χ0) is 26.9. The molecule has 0 saturated carbocycles. The normalized spacial score (nSPS) is 17.7. The number of rotatable bonds is 11. The van der Waals surface area contributed by atoms with Gasteiger partial charge in [0.25, 0.3) is 0 Å². The van der Waals surface area contributed by atoms with E-state index in [4.69, 9.17) is 9.47 Å². The van der Waals surface area contributed by atoms with Gasteiger partial charge >= 0.3 is 0 Å². The van der Waals surface area contributed by atoms with Gasteiger partial charge in [0.1, 0.15) is 5.82 Å². The Morgan fingerprint density at radius 2 is 1.66 bits per heavy atom. The summed E-state index contributed by atoms with van der Waals surface area (Å²) < 4.78 is 55.9. The van der Waals surface area contributed by atoms with Gasteiger partial charge in [0.2, 0.25) is 5.82 Å². The van der Waals surface area contributed by atoms with Crippen molar-refractivity contribution in [1.29, 1.82) is 0 Å². The SMILES string of the molecule is C/C=C/CCC1CCC(c2ccc(-c3ccc(-c4ccc(OCCCCC)c(F)c4F)cc3)cc2F)OC1. The summed E-state index contributed by atoms with van der Waals surface area (Å²) in [4.78, 5) is 0. The fraction of sp³-hybridized carbons (Fsp3) is 0.394. The van der Waals surface area contributed by atoms with Crippen LogP contribution in [0.1, 0.15) is 70.5 Å². The van der Waals surface area contributed by atoms with Gasteiger partial charge in [-0.25, -0.2) is 8.78 Å². The van der Waals surface area contributed by atoms with Crippen molar-refractivity contribution >= 4 is 0 Å². The van der Waals surface area contributed by atoms with Gasteiger partial charge < -0.3 is 9.47 Å². The summed E-state index contributed by atoms with van der Waals surface area (Å²) in [5.41, 5.74) is 2.81. The van der Waals surface area contributed by atoms with Crippen molar-refractivity contribution in [3.05, 3.63) is 89.8 Å². The van der Waals surface area contributed by atoms with E-state index < -0.39 is 11.6 Å². The zero-order valence-electron chi connectivity index (χ0n) is 22.3. The first-order valence-electron chi connectivity index (χ1n) is 13.8. The van der Waals surface area contributed by atoms with Crippen molar-refractivity contribution in [1.82, 2.24) is 0 Å². The van der Waals surface area contributed by atoms with Crippen molar-refractivity contribution in [2.45, 2.75) is 64.9 Å². The van der Waals surface area contributed by atoms with Crippen LogP contribution in [0.3, 0.4) is 0 Å². The molecule has 2 atom stereocenters. The number of ether oxygens (including phenoxy) is 2. The van der Waals surface area contributed by atoms with Crippen molar-refractivity contribution in [2.24, 2.45) is 5.92 Å². The highest BCUT2D eigenvalue weighted by Crippen LogP contribution is 2.36. The summed E-state index contributed by atoms with van der Waals surface area (Å²) >= 11 is 0. The molecule has 1 fully saturated rings. The van der Waals surface area contributed by atoms with E-state index in [1.807, 2.05) is 13.0 Å². The Morgan fingerprint density at radius 1 is 0.895 bits per heavy atom. The number of benzene rings is 3. The molecule has 2 unspecified atom stereocenters. The number of unbranched alkanes of at least 4 members (excludes halogenated alkanes) is 2. The third-order valence-electron chi connectivity index (χ3n) is 7.28. The van der Waals surface area contributed by atoms with E-state index in [0.717, 1.165) is 56.1 Å². The lowest BCUT2D eigenvalue weighted by molar-refractivity contribution is -0.0207. The topological polar surface area (TPSA) is 18.5 Å². The first-order chi connectivity index (χ1) is 18.5. The molecule has 4 rings (SSSR count). The first-order valence-corrected chi connectivity index (χ1v) is 13.8. The lowest BCUT2D eigenvalue weighted by atomic mass is 9.90. The molecule has 0 spiro atoms. The lowest BCUT2D eigenvalue weighted by Crippen LogP contribution is -2.21. The Balaban J connectivity index is 1.41. The zero-order valence-corrected chi connectivity index (χ0v) is 22.3. The summed E-state index contributed by atoms with van der Waals surface area (Å²) in [7, 11) is 0. The molecule has 3 aromatic rings. The van der Waals surface area contributed by atoms with Crippen LogP contribution in [-0.4, -0.2) is 13.2 Å². The smallest absolute Gasteiger partial charge is 0.201 e. The van der Waals surface area contributed by atoms with Gasteiger partial charge in [-0.3, -0.25) is 0 Å². The highest BCUT2D eigenvalue weighted by Gasteiger charge is 2.25. The maximum Gasteiger partial charge on any atom is 0.201 e. The van der Waals surface area contributed by atoms with E-state index in [-0.39, 0.29) is 23.2 Å². The van der Waals surface area contributed by atoms with E-state index in [2.05, 4.69) is 19.1 Å². The van der Waals surface area contributed by atoms with Crippen LogP contribution >= 0.6 is 0 Å². The van der Waals surface area contributed by atoms with Crippen LogP contribution in [0.2, 0.25) is 0 Å². The molecule has 1 aliphatic heterocycles. The highest BCUT2D eigenvalue weighted by molar-refractivity contribution is 5.71. The van der Waals surface area contributed by atoms with Gasteiger partial charge in [0, 0.05) is 11.1 Å². The van der Waals surface area contributed by atoms with Crippen LogP contribution in [0.25, 0.3) is 22.3 Å².